The van der Waals surface area contributed by atoms with Crippen molar-refractivity contribution in [2.75, 3.05) is 13.2 Å². The number of carbonyl (C=O) groups excluding carboxylic acids is 2. The largest absolute Gasteiger partial charge is 0.463 e. The average molecular weight is 583 g/mol. The molecule has 0 fully saturated rings. The van der Waals surface area contributed by atoms with Gasteiger partial charge in [-0.25, -0.2) is 0 Å². The Morgan fingerprint density at radius 3 is 1.17 bits per heavy atom. The van der Waals surface area contributed by atoms with Gasteiger partial charge >= 0.3 is 11.9 Å². The highest BCUT2D eigenvalue weighted by atomic mass is 16.6. The summed E-state index contributed by atoms with van der Waals surface area (Å²) in [6.45, 7) is 9.00. The van der Waals surface area contributed by atoms with E-state index in [9.17, 15) is 14.7 Å². The molecule has 2 atom stereocenters. The fourth-order valence-electron chi connectivity index (χ4n) is 5.19. The first-order valence-corrected chi connectivity index (χ1v) is 17.8. The Hall–Kier alpha value is -1.10. The van der Waals surface area contributed by atoms with Crippen molar-refractivity contribution in [3.05, 3.63) is 0 Å². The molecule has 1 N–H and O–H groups in total. The SMILES string of the molecule is CCC(C)CCCCCCCCCCCCC(=O)OC[C@@H](O)COC(=O)CCCCCCCCCCCCC(C)C. The van der Waals surface area contributed by atoms with Crippen molar-refractivity contribution < 1.29 is 24.2 Å². The minimum absolute atomic E-state index is 0.110. The lowest BCUT2D eigenvalue weighted by Crippen LogP contribution is -2.25. The van der Waals surface area contributed by atoms with E-state index in [0.29, 0.717) is 12.8 Å². The molecule has 0 spiro atoms. The van der Waals surface area contributed by atoms with E-state index in [4.69, 9.17) is 9.47 Å². The van der Waals surface area contributed by atoms with Crippen LogP contribution in [0.3, 0.4) is 0 Å². The molecule has 0 saturated heterocycles. The monoisotopic (exact) mass is 583 g/mol. The molecule has 0 aliphatic carbocycles. The highest BCUT2D eigenvalue weighted by Crippen LogP contribution is 2.16. The van der Waals surface area contributed by atoms with E-state index >= 15 is 0 Å². The van der Waals surface area contributed by atoms with Gasteiger partial charge in [-0.3, -0.25) is 9.59 Å². The lowest BCUT2D eigenvalue weighted by molar-refractivity contribution is -0.152. The third-order valence-corrected chi connectivity index (χ3v) is 8.31. The third kappa shape index (κ3) is 31.7. The second-order valence-electron chi connectivity index (χ2n) is 13.1. The van der Waals surface area contributed by atoms with Crippen molar-refractivity contribution in [2.45, 2.75) is 194 Å². The van der Waals surface area contributed by atoms with Crippen molar-refractivity contribution in [1.82, 2.24) is 0 Å². The minimum atomic E-state index is -0.955. The molecule has 0 aromatic heterocycles. The summed E-state index contributed by atoms with van der Waals surface area (Å²) in [5.74, 6) is 1.15. The maximum atomic E-state index is 11.9. The predicted octanol–water partition coefficient (Wildman–Crippen LogP) is 10.5. The number of unbranched alkanes of at least 4 members (excludes halogenated alkanes) is 18. The Bertz CT molecular complexity index is 576. The summed E-state index contributed by atoms with van der Waals surface area (Å²) in [6.07, 6.45) is 28.6. The Kier molecular flexibility index (Phi) is 29.5. The van der Waals surface area contributed by atoms with Crippen LogP contribution in [0.25, 0.3) is 0 Å². The molecule has 244 valence electrons. The van der Waals surface area contributed by atoms with E-state index in [1.807, 2.05) is 0 Å². The molecule has 0 heterocycles. The van der Waals surface area contributed by atoms with Gasteiger partial charge in [0.1, 0.15) is 19.3 Å². The fraction of sp³-hybridized carbons (Fsp3) is 0.944. The molecule has 0 rings (SSSR count). The second kappa shape index (κ2) is 30.4. The molecular formula is C36H70O5. The first-order valence-electron chi connectivity index (χ1n) is 17.8. The van der Waals surface area contributed by atoms with Gasteiger partial charge in [-0.05, 0) is 24.7 Å². The Balaban J connectivity index is 3.42. The molecule has 1 unspecified atom stereocenters. The van der Waals surface area contributed by atoms with Crippen LogP contribution >= 0.6 is 0 Å². The zero-order valence-electron chi connectivity index (χ0n) is 27.9. The predicted molar refractivity (Wildman–Crippen MR) is 173 cm³/mol. The molecule has 0 radical (unpaired) electrons. The number of aliphatic hydroxyl groups excluding tert-OH is 1. The summed E-state index contributed by atoms with van der Waals surface area (Å²) in [6, 6.07) is 0. The zero-order chi connectivity index (χ0) is 30.4. The van der Waals surface area contributed by atoms with Crippen LogP contribution in [0.15, 0.2) is 0 Å². The maximum Gasteiger partial charge on any atom is 0.305 e. The molecule has 0 bridgehead atoms. The van der Waals surface area contributed by atoms with Crippen LogP contribution in [-0.4, -0.2) is 36.4 Å². The highest BCUT2D eigenvalue weighted by Gasteiger charge is 2.12. The van der Waals surface area contributed by atoms with Crippen LogP contribution in [0, 0.1) is 11.8 Å². The van der Waals surface area contributed by atoms with E-state index in [0.717, 1.165) is 43.9 Å². The van der Waals surface area contributed by atoms with E-state index in [2.05, 4.69) is 27.7 Å². The number of aliphatic hydroxyl groups is 1. The standard InChI is InChI=1S/C36H70O5/c1-5-33(4)27-23-19-15-11-7-9-13-17-21-25-29-36(39)41-31-34(37)30-40-35(38)28-24-20-16-12-8-6-10-14-18-22-26-32(2)3/h32-34,37H,5-31H2,1-4H3/t33?,34-/m0/s1. The van der Waals surface area contributed by atoms with Gasteiger partial charge in [0.15, 0.2) is 0 Å². The molecule has 0 amide bonds. The van der Waals surface area contributed by atoms with Crippen LogP contribution in [0.4, 0.5) is 0 Å². The summed E-state index contributed by atoms with van der Waals surface area (Å²) < 4.78 is 10.3. The molecule has 5 heteroatoms. The normalized spacial score (nSPS) is 12.9. The van der Waals surface area contributed by atoms with Gasteiger partial charge in [0.05, 0.1) is 0 Å². The maximum absolute atomic E-state index is 11.9. The van der Waals surface area contributed by atoms with E-state index in [1.165, 1.54) is 116 Å². The molecule has 5 nitrogen and oxygen atoms in total. The van der Waals surface area contributed by atoms with Crippen molar-refractivity contribution >= 4 is 11.9 Å². The summed E-state index contributed by atoms with van der Waals surface area (Å²) in [5.41, 5.74) is 0. The van der Waals surface area contributed by atoms with Gasteiger partial charge in [0.2, 0.25) is 0 Å². The van der Waals surface area contributed by atoms with Crippen LogP contribution in [-0.2, 0) is 19.1 Å². The average Bonchev–Trinajstić information content (AvgIpc) is 2.95. The van der Waals surface area contributed by atoms with E-state index < -0.39 is 6.10 Å². The number of ether oxygens (including phenoxy) is 2. The molecule has 0 aliphatic rings. The van der Waals surface area contributed by atoms with Crippen LogP contribution < -0.4 is 0 Å². The Morgan fingerprint density at radius 1 is 0.512 bits per heavy atom. The van der Waals surface area contributed by atoms with Gasteiger partial charge in [0.25, 0.3) is 0 Å². The number of esters is 2. The van der Waals surface area contributed by atoms with Gasteiger partial charge in [-0.2, -0.15) is 0 Å². The smallest absolute Gasteiger partial charge is 0.305 e. The Morgan fingerprint density at radius 2 is 0.829 bits per heavy atom. The quantitative estimate of drug-likeness (QED) is 0.0650. The molecule has 0 aromatic carbocycles. The first-order chi connectivity index (χ1) is 19.8. The number of hydrogen-bond acceptors (Lipinski definition) is 5. The topological polar surface area (TPSA) is 72.8 Å². The van der Waals surface area contributed by atoms with Crippen molar-refractivity contribution in [2.24, 2.45) is 11.8 Å². The molecule has 0 aromatic rings. The molecule has 41 heavy (non-hydrogen) atoms. The lowest BCUT2D eigenvalue weighted by atomic mass is 9.99. The number of carbonyl (C=O) groups is 2. The van der Waals surface area contributed by atoms with Gasteiger partial charge in [-0.15, -0.1) is 0 Å². The number of hydrogen-bond donors (Lipinski definition) is 1. The Labute approximate surface area is 255 Å². The number of rotatable bonds is 31. The molecule has 0 aliphatic heterocycles. The van der Waals surface area contributed by atoms with Crippen LogP contribution in [0.5, 0.6) is 0 Å². The van der Waals surface area contributed by atoms with E-state index in [-0.39, 0.29) is 25.2 Å². The summed E-state index contributed by atoms with van der Waals surface area (Å²) in [7, 11) is 0. The zero-order valence-corrected chi connectivity index (χ0v) is 27.9. The summed E-state index contributed by atoms with van der Waals surface area (Å²) >= 11 is 0. The summed E-state index contributed by atoms with van der Waals surface area (Å²) in [4.78, 5) is 23.8. The van der Waals surface area contributed by atoms with E-state index in [1.54, 1.807) is 0 Å². The van der Waals surface area contributed by atoms with Gasteiger partial charge in [-0.1, -0.05) is 163 Å². The fourth-order valence-corrected chi connectivity index (χ4v) is 5.19. The summed E-state index contributed by atoms with van der Waals surface area (Å²) in [5, 5.41) is 9.97. The third-order valence-electron chi connectivity index (χ3n) is 8.31. The van der Waals surface area contributed by atoms with Crippen LogP contribution in [0.1, 0.15) is 188 Å². The van der Waals surface area contributed by atoms with Crippen molar-refractivity contribution in [3.63, 3.8) is 0 Å². The lowest BCUT2D eigenvalue weighted by Gasteiger charge is -2.12. The second-order valence-corrected chi connectivity index (χ2v) is 13.1. The van der Waals surface area contributed by atoms with Crippen LogP contribution in [0.2, 0.25) is 0 Å². The first kappa shape index (κ1) is 39.9. The molecular weight excluding hydrogens is 512 g/mol. The highest BCUT2D eigenvalue weighted by molar-refractivity contribution is 5.69. The van der Waals surface area contributed by atoms with Gasteiger partial charge < -0.3 is 14.6 Å². The van der Waals surface area contributed by atoms with Gasteiger partial charge in [0, 0.05) is 12.8 Å². The minimum Gasteiger partial charge on any atom is -0.463 e. The van der Waals surface area contributed by atoms with Crippen molar-refractivity contribution in [3.8, 4) is 0 Å². The molecule has 0 saturated carbocycles. The van der Waals surface area contributed by atoms with Crippen molar-refractivity contribution in [1.29, 1.82) is 0 Å².